The first-order valence-corrected chi connectivity index (χ1v) is 5.15. The van der Waals surface area contributed by atoms with E-state index in [0.717, 1.165) is 29.8 Å². The van der Waals surface area contributed by atoms with Crippen molar-refractivity contribution < 1.29 is 4.74 Å². The molecular weight excluding hydrogens is 265 g/mol. The molecule has 1 N–H and O–H groups in total. The molecule has 0 saturated heterocycles. The predicted octanol–water partition coefficient (Wildman–Crippen LogP) is 2.86. The molecule has 1 aromatic carbocycles. The highest BCUT2D eigenvalue weighted by Crippen LogP contribution is 2.15. The Balaban J connectivity index is 0.00000169. The van der Waals surface area contributed by atoms with Gasteiger partial charge >= 0.3 is 0 Å². The first-order chi connectivity index (χ1) is 6.33. The zero-order valence-electron chi connectivity index (χ0n) is 8.13. The van der Waals surface area contributed by atoms with Crippen LogP contribution in [0.25, 0.3) is 0 Å². The maximum Gasteiger partial charge on any atom is 0.119 e. The standard InChI is InChI=1S/C10H14BrNO.ClH/c1-12-7-2-8-13-10-5-3-9(11)4-6-10;/h3-6,12H,2,7-8H2,1H3;1H. The highest BCUT2D eigenvalue weighted by Gasteiger charge is 1.92. The molecule has 0 spiro atoms. The first-order valence-electron chi connectivity index (χ1n) is 4.36. The van der Waals surface area contributed by atoms with E-state index in [4.69, 9.17) is 4.74 Å². The third-order valence-electron chi connectivity index (χ3n) is 1.65. The minimum absolute atomic E-state index is 0. The molecule has 0 aliphatic heterocycles. The Bertz CT molecular complexity index is 240. The third-order valence-corrected chi connectivity index (χ3v) is 2.18. The molecule has 0 aliphatic rings. The van der Waals surface area contributed by atoms with Crippen LogP contribution in [0.2, 0.25) is 0 Å². The van der Waals surface area contributed by atoms with E-state index in [1.54, 1.807) is 0 Å². The van der Waals surface area contributed by atoms with Crippen LogP contribution in [0.15, 0.2) is 28.7 Å². The number of rotatable bonds is 5. The van der Waals surface area contributed by atoms with Crippen molar-refractivity contribution in [1.29, 1.82) is 0 Å². The van der Waals surface area contributed by atoms with E-state index >= 15 is 0 Å². The fraction of sp³-hybridized carbons (Fsp3) is 0.400. The monoisotopic (exact) mass is 279 g/mol. The van der Waals surface area contributed by atoms with E-state index in [-0.39, 0.29) is 12.4 Å². The second kappa shape index (κ2) is 8.09. The number of nitrogens with one attached hydrogen (secondary N) is 1. The zero-order valence-corrected chi connectivity index (χ0v) is 10.5. The minimum Gasteiger partial charge on any atom is -0.494 e. The summed E-state index contributed by atoms with van der Waals surface area (Å²) in [6.07, 6.45) is 1.03. The van der Waals surface area contributed by atoms with Gasteiger partial charge in [0.25, 0.3) is 0 Å². The van der Waals surface area contributed by atoms with Crippen molar-refractivity contribution in [1.82, 2.24) is 5.32 Å². The van der Waals surface area contributed by atoms with Crippen LogP contribution < -0.4 is 10.1 Å². The second-order valence-electron chi connectivity index (χ2n) is 2.76. The second-order valence-corrected chi connectivity index (χ2v) is 3.68. The fourth-order valence-electron chi connectivity index (χ4n) is 0.970. The summed E-state index contributed by atoms with van der Waals surface area (Å²) in [5.74, 6) is 0.930. The predicted molar refractivity (Wildman–Crippen MR) is 65.4 cm³/mol. The van der Waals surface area contributed by atoms with E-state index in [9.17, 15) is 0 Å². The van der Waals surface area contributed by atoms with Crippen molar-refractivity contribution in [2.45, 2.75) is 6.42 Å². The molecule has 0 aliphatic carbocycles. The van der Waals surface area contributed by atoms with Crippen LogP contribution in [-0.4, -0.2) is 20.2 Å². The number of benzene rings is 1. The maximum absolute atomic E-state index is 5.50. The molecular formula is C10H15BrClNO. The van der Waals surface area contributed by atoms with Crippen LogP contribution in [0.4, 0.5) is 0 Å². The van der Waals surface area contributed by atoms with Crippen molar-refractivity contribution in [3.8, 4) is 5.75 Å². The van der Waals surface area contributed by atoms with Crippen molar-refractivity contribution >= 4 is 28.3 Å². The lowest BCUT2D eigenvalue weighted by molar-refractivity contribution is 0.310. The number of ether oxygens (including phenoxy) is 1. The van der Waals surface area contributed by atoms with E-state index in [0.29, 0.717) is 0 Å². The van der Waals surface area contributed by atoms with Gasteiger partial charge in [0.1, 0.15) is 5.75 Å². The Morgan fingerprint density at radius 2 is 1.93 bits per heavy atom. The van der Waals surface area contributed by atoms with Crippen LogP contribution in [0.3, 0.4) is 0 Å². The summed E-state index contributed by atoms with van der Waals surface area (Å²) in [6.45, 7) is 1.76. The molecule has 0 radical (unpaired) electrons. The van der Waals surface area contributed by atoms with Crippen molar-refractivity contribution in [3.63, 3.8) is 0 Å². The van der Waals surface area contributed by atoms with Gasteiger partial charge in [-0.15, -0.1) is 12.4 Å². The molecule has 2 nitrogen and oxygen atoms in total. The smallest absolute Gasteiger partial charge is 0.119 e. The SMILES string of the molecule is CNCCCOc1ccc(Br)cc1.Cl. The Morgan fingerprint density at radius 3 is 2.50 bits per heavy atom. The lowest BCUT2D eigenvalue weighted by atomic mass is 10.3. The Kier molecular flexibility index (Phi) is 7.95. The van der Waals surface area contributed by atoms with Crippen LogP contribution in [0, 0.1) is 0 Å². The van der Waals surface area contributed by atoms with Gasteiger partial charge in [0, 0.05) is 4.47 Å². The van der Waals surface area contributed by atoms with E-state index in [1.165, 1.54) is 0 Å². The van der Waals surface area contributed by atoms with Crippen molar-refractivity contribution in [3.05, 3.63) is 28.7 Å². The highest BCUT2D eigenvalue weighted by atomic mass is 79.9. The molecule has 0 saturated carbocycles. The summed E-state index contributed by atoms with van der Waals surface area (Å²) in [5.41, 5.74) is 0. The summed E-state index contributed by atoms with van der Waals surface area (Å²) in [4.78, 5) is 0. The van der Waals surface area contributed by atoms with Crippen LogP contribution in [-0.2, 0) is 0 Å². The molecule has 0 fully saturated rings. The average Bonchev–Trinajstić information content (AvgIpc) is 2.15. The summed E-state index contributed by atoms with van der Waals surface area (Å²) in [7, 11) is 1.94. The molecule has 4 heteroatoms. The highest BCUT2D eigenvalue weighted by molar-refractivity contribution is 9.10. The van der Waals surface area contributed by atoms with Crippen molar-refractivity contribution in [2.24, 2.45) is 0 Å². The number of halogens is 2. The summed E-state index contributed by atoms with van der Waals surface area (Å²) < 4.78 is 6.58. The van der Waals surface area contributed by atoms with Gasteiger partial charge in [-0.25, -0.2) is 0 Å². The normalized spacial score (nSPS) is 9.29. The molecule has 80 valence electrons. The Labute approximate surface area is 99.6 Å². The first kappa shape index (κ1) is 13.8. The summed E-state index contributed by atoms with van der Waals surface area (Å²) in [6, 6.07) is 7.88. The minimum atomic E-state index is 0. The van der Waals surface area contributed by atoms with Gasteiger partial charge in [0.2, 0.25) is 0 Å². The van der Waals surface area contributed by atoms with Crippen molar-refractivity contribution in [2.75, 3.05) is 20.2 Å². The largest absolute Gasteiger partial charge is 0.494 e. The molecule has 0 heterocycles. The maximum atomic E-state index is 5.50. The van der Waals surface area contributed by atoms with Gasteiger partial charge in [-0.2, -0.15) is 0 Å². The molecule has 1 rings (SSSR count). The van der Waals surface area contributed by atoms with Gasteiger partial charge in [-0.1, -0.05) is 15.9 Å². The van der Waals surface area contributed by atoms with Gasteiger partial charge < -0.3 is 10.1 Å². The molecule has 14 heavy (non-hydrogen) atoms. The number of hydrogen-bond acceptors (Lipinski definition) is 2. The topological polar surface area (TPSA) is 21.3 Å². The lowest BCUT2D eigenvalue weighted by Gasteiger charge is -2.05. The molecule has 0 aromatic heterocycles. The van der Waals surface area contributed by atoms with Crippen LogP contribution in [0.1, 0.15) is 6.42 Å². The lowest BCUT2D eigenvalue weighted by Crippen LogP contribution is -2.11. The molecule has 0 bridgehead atoms. The number of hydrogen-bond donors (Lipinski definition) is 1. The fourth-order valence-corrected chi connectivity index (χ4v) is 1.23. The van der Waals surface area contributed by atoms with E-state index < -0.39 is 0 Å². The molecule has 0 amide bonds. The Hall–Kier alpha value is -0.250. The van der Waals surface area contributed by atoms with E-state index in [1.807, 2.05) is 31.3 Å². The van der Waals surface area contributed by atoms with Crippen LogP contribution >= 0.6 is 28.3 Å². The average molecular weight is 281 g/mol. The Morgan fingerprint density at radius 1 is 1.29 bits per heavy atom. The van der Waals surface area contributed by atoms with E-state index in [2.05, 4.69) is 21.2 Å². The third kappa shape index (κ3) is 5.47. The van der Waals surface area contributed by atoms with Gasteiger partial charge in [-0.3, -0.25) is 0 Å². The molecule has 0 unspecified atom stereocenters. The van der Waals surface area contributed by atoms with Crippen LogP contribution in [0.5, 0.6) is 5.75 Å². The molecule has 0 atom stereocenters. The zero-order chi connectivity index (χ0) is 9.52. The molecule has 1 aromatic rings. The summed E-state index contributed by atoms with van der Waals surface area (Å²) >= 11 is 3.37. The van der Waals surface area contributed by atoms with Gasteiger partial charge in [0.05, 0.1) is 6.61 Å². The quantitative estimate of drug-likeness (QED) is 0.838. The van der Waals surface area contributed by atoms with Gasteiger partial charge in [0.15, 0.2) is 0 Å². The summed E-state index contributed by atoms with van der Waals surface area (Å²) in [5, 5.41) is 3.08. The van der Waals surface area contributed by atoms with Gasteiger partial charge in [-0.05, 0) is 44.3 Å².